The lowest BCUT2D eigenvalue weighted by Gasteiger charge is -2.06. The number of methoxy groups -OCH3 is 1. The second-order valence-electron chi connectivity index (χ2n) is 2.93. The second kappa shape index (κ2) is 7.26. The van der Waals surface area contributed by atoms with Crippen LogP contribution in [0.25, 0.3) is 0 Å². The lowest BCUT2D eigenvalue weighted by Crippen LogP contribution is -2.30. The lowest BCUT2D eigenvalue weighted by molar-refractivity contribution is 0.386. The van der Waals surface area contributed by atoms with Crippen molar-refractivity contribution < 1.29 is 9.13 Å². The molecule has 4 nitrogen and oxygen atoms in total. The van der Waals surface area contributed by atoms with Crippen LogP contribution in [0.2, 0.25) is 0 Å². The highest BCUT2D eigenvalue weighted by Gasteiger charge is 2.03. The molecule has 0 saturated heterocycles. The van der Waals surface area contributed by atoms with Crippen molar-refractivity contribution in [2.24, 2.45) is 10.7 Å². The number of benzene rings is 1. The van der Waals surface area contributed by atoms with E-state index in [4.69, 9.17) is 10.5 Å². The Morgan fingerprint density at radius 2 is 2.25 bits per heavy atom. The molecule has 1 aromatic carbocycles. The van der Waals surface area contributed by atoms with Crippen molar-refractivity contribution in [2.75, 3.05) is 14.2 Å². The van der Waals surface area contributed by atoms with E-state index >= 15 is 0 Å². The average Bonchev–Trinajstić information content (AvgIpc) is 2.26. The average molecular weight is 339 g/mol. The summed E-state index contributed by atoms with van der Waals surface area (Å²) >= 11 is 0. The van der Waals surface area contributed by atoms with E-state index in [-0.39, 0.29) is 35.5 Å². The van der Waals surface area contributed by atoms with E-state index in [9.17, 15) is 4.39 Å². The second-order valence-corrected chi connectivity index (χ2v) is 2.93. The van der Waals surface area contributed by atoms with Crippen LogP contribution in [0.15, 0.2) is 23.2 Å². The zero-order chi connectivity index (χ0) is 11.3. The Labute approximate surface area is 111 Å². The number of nitrogens with one attached hydrogen (secondary N) is 1. The smallest absolute Gasteiger partial charge is 0.188 e. The standard InChI is InChI=1S/C10H14FN3O.HI/c1-13-10(12)14-6-7-3-4-9(15-2)8(11)5-7;/h3-5H,6H2,1-2H3,(H3,12,13,14);1H. The van der Waals surface area contributed by atoms with Gasteiger partial charge in [-0.15, -0.1) is 24.0 Å². The number of halogens is 2. The maximum atomic E-state index is 13.2. The van der Waals surface area contributed by atoms with Crippen LogP contribution in [-0.2, 0) is 6.54 Å². The minimum atomic E-state index is -0.385. The van der Waals surface area contributed by atoms with E-state index in [1.54, 1.807) is 19.2 Å². The Kier molecular flexibility index (Phi) is 6.78. The van der Waals surface area contributed by atoms with Gasteiger partial charge >= 0.3 is 0 Å². The fourth-order valence-electron chi connectivity index (χ4n) is 1.09. The Morgan fingerprint density at radius 1 is 1.56 bits per heavy atom. The molecule has 0 bridgehead atoms. The van der Waals surface area contributed by atoms with Gasteiger partial charge in [-0.05, 0) is 17.7 Å². The molecule has 0 unspecified atom stereocenters. The fraction of sp³-hybridized carbons (Fsp3) is 0.300. The first kappa shape index (κ1) is 14.9. The van der Waals surface area contributed by atoms with Gasteiger partial charge in [0.2, 0.25) is 0 Å². The van der Waals surface area contributed by atoms with Crippen molar-refractivity contribution in [1.82, 2.24) is 5.32 Å². The van der Waals surface area contributed by atoms with E-state index in [0.717, 1.165) is 5.56 Å². The van der Waals surface area contributed by atoms with Gasteiger partial charge in [0.1, 0.15) is 0 Å². The molecule has 0 fully saturated rings. The molecule has 90 valence electrons. The highest BCUT2D eigenvalue weighted by Crippen LogP contribution is 2.17. The van der Waals surface area contributed by atoms with E-state index in [1.165, 1.54) is 13.2 Å². The first-order valence-electron chi connectivity index (χ1n) is 4.46. The number of guanidine groups is 1. The molecule has 6 heteroatoms. The third-order valence-electron chi connectivity index (χ3n) is 1.93. The molecule has 16 heavy (non-hydrogen) atoms. The largest absolute Gasteiger partial charge is 0.494 e. The predicted octanol–water partition coefficient (Wildman–Crippen LogP) is 1.49. The van der Waals surface area contributed by atoms with Crippen LogP contribution in [0.4, 0.5) is 4.39 Å². The van der Waals surface area contributed by atoms with Gasteiger partial charge in [0.25, 0.3) is 0 Å². The van der Waals surface area contributed by atoms with Crippen LogP contribution in [0.1, 0.15) is 5.56 Å². The molecule has 0 spiro atoms. The van der Waals surface area contributed by atoms with Crippen LogP contribution >= 0.6 is 24.0 Å². The summed E-state index contributed by atoms with van der Waals surface area (Å²) in [5.74, 6) is 0.172. The van der Waals surface area contributed by atoms with Gasteiger partial charge in [0, 0.05) is 13.6 Å². The first-order chi connectivity index (χ1) is 7.17. The Morgan fingerprint density at radius 3 is 2.75 bits per heavy atom. The predicted molar refractivity (Wildman–Crippen MR) is 72.8 cm³/mol. The van der Waals surface area contributed by atoms with Crippen molar-refractivity contribution in [3.63, 3.8) is 0 Å². The highest BCUT2D eigenvalue weighted by molar-refractivity contribution is 14.0. The van der Waals surface area contributed by atoms with Crippen LogP contribution < -0.4 is 15.8 Å². The van der Waals surface area contributed by atoms with Gasteiger partial charge in [-0.1, -0.05) is 6.07 Å². The van der Waals surface area contributed by atoms with E-state index in [0.29, 0.717) is 12.5 Å². The quantitative estimate of drug-likeness (QED) is 0.498. The first-order valence-corrected chi connectivity index (χ1v) is 4.46. The summed E-state index contributed by atoms with van der Waals surface area (Å²) in [7, 11) is 3.01. The minimum Gasteiger partial charge on any atom is -0.494 e. The number of nitrogens with zero attached hydrogens (tertiary/aromatic N) is 1. The Hall–Kier alpha value is -1.05. The molecule has 0 atom stereocenters. The molecular weight excluding hydrogens is 324 g/mol. The molecule has 1 rings (SSSR count). The minimum absolute atomic E-state index is 0. The zero-order valence-electron chi connectivity index (χ0n) is 9.16. The van der Waals surface area contributed by atoms with Crippen LogP contribution in [0, 0.1) is 5.82 Å². The summed E-state index contributed by atoms with van der Waals surface area (Å²) in [6.45, 7) is 0.435. The topological polar surface area (TPSA) is 59.6 Å². The number of hydrogen-bond acceptors (Lipinski definition) is 2. The number of nitrogens with two attached hydrogens (primary N) is 1. The molecule has 0 radical (unpaired) electrons. The Bertz CT molecular complexity index is 371. The van der Waals surface area contributed by atoms with Gasteiger partial charge in [0.15, 0.2) is 17.5 Å². The van der Waals surface area contributed by atoms with Crippen LogP contribution in [0.5, 0.6) is 5.75 Å². The Balaban J connectivity index is 0.00000225. The number of rotatable bonds is 3. The van der Waals surface area contributed by atoms with Crippen LogP contribution in [0.3, 0.4) is 0 Å². The van der Waals surface area contributed by atoms with Crippen molar-refractivity contribution >= 4 is 29.9 Å². The number of hydrogen-bond donors (Lipinski definition) is 2. The van der Waals surface area contributed by atoms with Crippen LogP contribution in [-0.4, -0.2) is 20.1 Å². The summed E-state index contributed by atoms with van der Waals surface area (Å²) in [6.07, 6.45) is 0. The SMILES string of the molecule is CN=C(N)NCc1ccc(OC)c(F)c1.I. The maximum Gasteiger partial charge on any atom is 0.188 e. The van der Waals surface area contributed by atoms with Crippen molar-refractivity contribution in [3.8, 4) is 5.75 Å². The van der Waals surface area contributed by atoms with Gasteiger partial charge in [-0.3, -0.25) is 4.99 Å². The monoisotopic (exact) mass is 339 g/mol. The van der Waals surface area contributed by atoms with Gasteiger partial charge in [-0.25, -0.2) is 4.39 Å². The van der Waals surface area contributed by atoms with Gasteiger partial charge in [-0.2, -0.15) is 0 Å². The summed E-state index contributed by atoms with van der Waals surface area (Å²) in [6, 6.07) is 4.73. The summed E-state index contributed by atoms with van der Waals surface area (Å²) in [5, 5.41) is 2.83. The van der Waals surface area contributed by atoms with E-state index < -0.39 is 0 Å². The van der Waals surface area contributed by atoms with Crippen molar-refractivity contribution in [1.29, 1.82) is 0 Å². The highest BCUT2D eigenvalue weighted by atomic mass is 127. The molecule has 0 aliphatic rings. The third kappa shape index (κ3) is 4.21. The molecule has 0 amide bonds. The molecule has 0 aromatic heterocycles. The normalized spacial score (nSPS) is 10.6. The number of ether oxygens (including phenoxy) is 1. The number of aliphatic imine (C=N–C) groups is 1. The molecule has 0 saturated carbocycles. The summed E-state index contributed by atoms with van der Waals surface area (Å²) < 4.78 is 18.0. The molecular formula is C10H15FIN3O. The molecule has 3 N–H and O–H groups in total. The fourth-order valence-corrected chi connectivity index (χ4v) is 1.09. The zero-order valence-corrected chi connectivity index (χ0v) is 11.5. The molecule has 0 aliphatic carbocycles. The van der Waals surface area contributed by atoms with Crippen molar-refractivity contribution in [2.45, 2.75) is 6.54 Å². The summed E-state index contributed by atoms with van der Waals surface area (Å²) in [5.41, 5.74) is 6.21. The van der Waals surface area contributed by atoms with E-state index in [2.05, 4.69) is 10.3 Å². The van der Waals surface area contributed by atoms with E-state index in [1.807, 2.05) is 0 Å². The molecule has 1 aromatic rings. The molecule has 0 aliphatic heterocycles. The maximum absolute atomic E-state index is 13.2. The van der Waals surface area contributed by atoms with Crippen molar-refractivity contribution in [3.05, 3.63) is 29.6 Å². The molecule has 0 heterocycles. The summed E-state index contributed by atoms with van der Waals surface area (Å²) in [4.78, 5) is 3.72. The van der Waals surface area contributed by atoms with Gasteiger partial charge < -0.3 is 15.8 Å². The lowest BCUT2D eigenvalue weighted by atomic mass is 10.2. The van der Waals surface area contributed by atoms with Gasteiger partial charge in [0.05, 0.1) is 7.11 Å². The third-order valence-corrected chi connectivity index (χ3v) is 1.93.